The number of morpholine rings is 1. The van der Waals surface area contributed by atoms with Gasteiger partial charge in [-0.05, 0) is 37.0 Å². The number of anilines is 1. The number of ether oxygens (including phenoxy) is 1. The topological polar surface area (TPSA) is 41.6 Å². The molecule has 4 heteroatoms. The van der Waals surface area contributed by atoms with Crippen LogP contribution in [0.1, 0.15) is 40.2 Å². The molecule has 0 bridgehead atoms. The van der Waals surface area contributed by atoms with Gasteiger partial charge in [0.2, 0.25) is 5.91 Å². The lowest BCUT2D eigenvalue weighted by atomic mass is 9.87. The van der Waals surface area contributed by atoms with Crippen LogP contribution in [0.15, 0.2) is 24.3 Å². The number of nitrogens with zero attached hydrogens (tertiary/aromatic N) is 1. The number of carbonyl (C=O) groups excluding carboxylic acids is 1. The molecule has 4 nitrogen and oxygen atoms in total. The van der Waals surface area contributed by atoms with Crippen LogP contribution in [0.25, 0.3) is 0 Å². The van der Waals surface area contributed by atoms with E-state index in [0.717, 1.165) is 18.8 Å². The van der Waals surface area contributed by atoms with Crippen molar-refractivity contribution in [3.8, 4) is 0 Å². The van der Waals surface area contributed by atoms with E-state index in [1.54, 1.807) is 0 Å². The first-order chi connectivity index (χ1) is 10.2. The number of benzene rings is 1. The van der Waals surface area contributed by atoms with Gasteiger partial charge < -0.3 is 10.1 Å². The van der Waals surface area contributed by atoms with Gasteiger partial charge in [-0.1, -0.05) is 32.9 Å². The van der Waals surface area contributed by atoms with Crippen LogP contribution in [0.5, 0.6) is 0 Å². The van der Waals surface area contributed by atoms with Gasteiger partial charge in [0.15, 0.2) is 0 Å². The predicted octanol–water partition coefficient (Wildman–Crippen LogP) is 3.03. The molecule has 0 aliphatic carbocycles. The van der Waals surface area contributed by atoms with Crippen molar-refractivity contribution in [3.05, 3.63) is 29.8 Å². The summed E-state index contributed by atoms with van der Waals surface area (Å²) in [5.74, 6) is 0.0322. The fourth-order valence-corrected chi connectivity index (χ4v) is 2.87. The van der Waals surface area contributed by atoms with E-state index in [0.29, 0.717) is 6.54 Å². The predicted molar refractivity (Wildman–Crippen MR) is 90.2 cm³/mol. The maximum atomic E-state index is 12.2. The molecule has 22 heavy (non-hydrogen) atoms. The quantitative estimate of drug-likeness (QED) is 0.933. The van der Waals surface area contributed by atoms with Crippen LogP contribution in [0.2, 0.25) is 0 Å². The molecular formula is C18H28N2O2. The molecule has 2 rings (SSSR count). The van der Waals surface area contributed by atoms with Crippen LogP contribution in [0, 0.1) is 0 Å². The minimum atomic E-state index is 0.0322. The first kappa shape index (κ1) is 17.0. The van der Waals surface area contributed by atoms with Crippen molar-refractivity contribution in [2.45, 2.75) is 52.2 Å². The minimum Gasteiger partial charge on any atom is -0.373 e. The van der Waals surface area contributed by atoms with Crippen LogP contribution in [0.4, 0.5) is 5.69 Å². The molecule has 1 aliphatic heterocycles. The summed E-state index contributed by atoms with van der Waals surface area (Å²) in [6.07, 6.45) is 0.366. The molecule has 1 amide bonds. The van der Waals surface area contributed by atoms with E-state index in [2.05, 4.69) is 43.1 Å². The second kappa shape index (κ2) is 6.80. The highest BCUT2D eigenvalue weighted by atomic mass is 16.5. The molecule has 0 aromatic heterocycles. The van der Waals surface area contributed by atoms with Crippen LogP contribution in [-0.4, -0.2) is 42.6 Å². The van der Waals surface area contributed by atoms with Gasteiger partial charge in [-0.2, -0.15) is 0 Å². The fourth-order valence-electron chi connectivity index (χ4n) is 2.87. The van der Waals surface area contributed by atoms with Crippen molar-refractivity contribution in [3.63, 3.8) is 0 Å². The Morgan fingerprint density at radius 1 is 1.18 bits per heavy atom. The zero-order chi connectivity index (χ0) is 16.3. The average molecular weight is 304 g/mol. The van der Waals surface area contributed by atoms with Crippen molar-refractivity contribution >= 4 is 11.6 Å². The third-order valence-corrected chi connectivity index (χ3v) is 3.90. The maximum Gasteiger partial charge on any atom is 0.238 e. The molecule has 0 radical (unpaired) electrons. The highest BCUT2D eigenvalue weighted by molar-refractivity contribution is 5.92. The molecule has 1 saturated heterocycles. The summed E-state index contributed by atoms with van der Waals surface area (Å²) < 4.78 is 5.69. The summed E-state index contributed by atoms with van der Waals surface area (Å²) in [7, 11) is 0. The third-order valence-electron chi connectivity index (χ3n) is 3.90. The van der Waals surface area contributed by atoms with E-state index in [4.69, 9.17) is 4.74 Å². The van der Waals surface area contributed by atoms with Crippen molar-refractivity contribution in [1.29, 1.82) is 0 Å². The monoisotopic (exact) mass is 304 g/mol. The van der Waals surface area contributed by atoms with Gasteiger partial charge in [-0.25, -0.2) is 0 Å². The number of nitrogens with one attached hydrogen (secondary N) is 1. The summed E-state index contributed by atoms with van der Waals surface area (Å²) in [6.45, 7) is 12.7. The van der Waals surface area contributed by atoms with Crippen LogP contribution in [-0.2, 0) is 14.9 Å². The molecule has 1 N–H and O–H groups in total. The standard InChI is InChI=1S/C18H28N2O2/c1-13-10-20(11-14(2)22-13)12-17(21)19-16-8-6-15(7-9-16)18(3,4)5/h6-9,13-14H,10-12H2,1-5H3,(H,19,21)/t13-,14-/m1/s1. The van der Waals surface area contributed by atoms with E-state index >= 15 is 0 Å². The lowest BCUT2D eigenvalue weighted by Crippen LogP contribution is -2.48. The number of carbonyl (C=O) groups is 1. The minimum absolute atomic E-state index is 0.0322. The van der Waals surface area contributed by atoms with Gasteiger partial charge in [0.05, 0.1) is 18.8 Å². The highest BCUT2D eigenvalue weighted by Crippen LogP contribution is 2.23. The Morgan fingerprint density at radius 3 is 2.23 bits per heavy atom. The molecule has 0 unspecified atom stereocenters. The first-order valence-corrected chi connectivity index (χ1v) is 8.02. The lowest BCUT2D eigenvalue weighted by molar-refractivity contribution is -0.121. The summed E-state index contributed by atoms with van der Waals surface area (Å²) in [5.41, 5.74) is 2.25. The molecule has 1 aliphatic rings. The summed E-state index contributed by atoms with van der Waals surface area (Å²) in [4.78, 5) is 14.3. The van der Waals surface area contributed by atoms with Crippen molar-refractivity contribution in [2.75, 3.05) is 25.0 Å². The summed E-state index contributed by atoms with van der Waals surface area (Å²) >= 11 is 0. The smallest absolute Gasteiger partial charge is 0.238 e. The number of amides is 1. The SMILES string of the molecule is C[C@@H]1CN(CC(=O)Nc2ccc(C(C)(C)C)cc2)C[C@@H](C)O1. The lowest BCUT2D eigenvalue weighted by Gasteiger charge is -2.34. The van der Waals surface area contributed by atoms with E-state index in [-0.39, 0.29) is 23.5 Å². The molecule has 1 aromatic carbocycles. The van der Waals surface area contributed by atoms with E-state index < -0.39 is 0 Å². The number of rotatable bonds is 3. The number of hydrogen-bond donors (Lipinski definition) is 1. The second-order valence-electron chi connectivity index (χ2n) is 7.33. The second-order valence-corrected chi connectivity index (χ2v) is 7.33. The first-order valence-electron chi connectivity index (χ1n) is 8.02. The molecule has 1 fully saturated rings. The zero-order valence-corrected chi connectivity index (χ0v) is 14.3. The van der Waals surface area contributed by atoms with Gasteiger partial charge in [0, 0.05) is 18.8 Å². The Balaban J connectivity index is 1.89. The number of hydrogen-bond acceptors (Lipinski definition) is 3. The van der Waals surface area contributed by atoms with Crippen LogP contribution in [0.3, 0.4) is 0 Å². The Bertz CT molecular complexity index is 495. The zero-order valence-electron chi connectivity index (χ0n) is 14.3. The summed E-state index contributed by atoms with van der Waals surface area (Å²) in [5, 5.41) is 2.98. The Labute approximate surface area is 133 Å². The van der Waals surface area contributed by atoms with Gasteiger partial charge in [0.1, 0.15) is 0 Å². The molecule has 1 heterocycles. The summed E-state index contributed by atoms with van der Waals surface area (Å²) in [6, 6.07) is 8.11. The largest absolute Gasteiger partial charge is 0.373 e. The Morgan fingerprint density at radius 2 is 1.73 bits per heavy atom. The van der Waals surface area contributed by atoms with E-state index in [1.165, 1.54) is 5.56 Å². The Hall–Kier alpha value is -1.39. The maximum absolute atomic E-state index is 12.2. The van der Waals surface area contributed by atoms with Crippen LogP contribution < -0.4 is 5.32 Å². The van der Waals surface area contributed by atoms with Gasteiger partial charge in [-0.15, -0.1) is 0 Å². The van der Waals surface area contributed by atoms with E-state index in [1.807, 2.05) is 26.0 Å². The molecule has 1 aromatic rings. The molecule has 0 saturated carbocycles. The normalized spacial score (nSPS) is 23.3. The van der Waals surface area contributed by atoms with E-state index in [9.17, 15) is 4.79 Å². The van der Waals surface area contributed by atoms with Gasteiger partial charge in [0.25, 0.3) is 0 Å². The molecule has 2 atom stereocenters. The molecular weight excluding hydrogens is 276 g/mol. The van der Waals surface area contributed by atoms with Crippen molar-refractivity contribution in [2.24, 2.45) is 0 Å². The third kappa shape index (κ3) is 4.82. The molecule has 0 spiro atoms. The van der Waals surface area contributed by atoms with Crippen molar-refractivity contribution < 1.29 is 9.53 Å². The van der Waals surface area contributed by atoms with Gasteiger partial charge in [-0.3, -0.25) is 9.69 Å². The average Bonchev–Trinajstić information content (AvgIpc) is 2.36. The highest BCUT2D eigenvalue weighted by Gasteiger charge is 2.23. The fraction of sp³-hybridized carbons (Fsp3) is 0.611. The molecule has 122 valence electrons. The van der Waals surface area contributed by atoms with Crippen LogP contribution >= 0.6 is 0 Å². The Kier molecular flexibility index (Phi) is 5.24. The van der Waals surface area contributed by atoms with Crippen molar-refractivity contribution in [1.82, 2.24) is 4.90 Å². The van der Waals surface area contributed by atoms with Gasteiger partial charge >= 0.3 is 0 Å².